The fraction of sp³-hybridized carbons (Fsp3) is 0.536. The van der Waals surface area contributed by atoms with Crippen LogP contribution in [0.4, 0.5) is 5.69 Å². The Labute approximate surface area is 426 Å². The third kappa shape index (κ3) is 11.5. The summed E-state index contributed by atoms with van der Waals surface area (Å²) in [5, 5.41) is 50.6. The van der Waals surface area contributed by atoms with Crippen molar-refractivity contribution in [3.63, 3.8) is 0 Å². The number of hydrogen-bond donors (Lipinski definition) is 5. The number of allylic oxidation sites excluding steroid dienone is 3. The summed E-state index contributed by atoms with van der Waals surface area (Å²) in [6.07, 6.45) is 6.54. The first-order valence-electron chi connectivity index (χ1n) is 25.9. The maximum absolute atomic E-state index is 14.8. The third-order valence-electron chi connectivity index (χ3n) is 15.1. The van der Waals surface area contributed by atoms with Crippen molar-refractivity contribution in [1.29, 1.82) is 0 Å². The van der Waals surface area contributed by atoms with Gasteiger partial charge in [0.25, 0.3) is 11.7 Å². The summed E-state index contributed by atoms with van der Waals surface area (Å²) in [6, 6.07) is 10.1. The van der Waals surface area contributed by atoms with Crippen molar-refractivity contribution in [3.05, 3.63) is 93.9 Å². The number of aliphatic hydroxyl groups is 2. The second-order valence-electron chi connectivity index (χ2n) is 21.2. The molecule has 1 spiro atoms. The number of phenols is 2. The number of carbonyl (C=O) groups is 4. The van der Waals surface area contributed by atoms with E-state index >= 15 is 0 Å². The summed E-state index contributed by atoms with van der Waals surface area (Å²) in [5.74, 6) is -5.84. The van der Waals surface area contributed by atoms with E-state index in [4.69, 9.17) is 19.2 Å². The van der Waals surface area contributed by atoms with Gasteiger partial charge in [0.2, 0.25) is 5.91 Å². The van der Waals surface area contributed by atoms with Gasteiger partial charge in [0, 0.05) is 107 Å². The minimum absolute atomic E-state index is 0.0589. The average Bonchev–Trinajstić information content (AvgIpc) is 3.73. The molecule has 9 rings (SSSR count). The van der Waals surface area contributed by atoms with Gasteiger partial charge in [0.1, 0.15) is 40.4 Å². The van der Waals surface area contributed by atoms with Gasteiger partial charge in [0.15, 0.2) is 5.75 Å². The predicted octanol–water partition coefficient (Wildman–Crippen LogP) is 5.74. The van der Waals surface area contributed by atoms with Gasteiger partial charge in [-0.2, -0.15) is 0 Å². The molecule has 5 N–H and O–H groups in total. The molecule has 2 unspecified atom stereocenters. The number of fused-ring (bicyclic) bond motifs is 13. The molecule has 2 fully saturated rings. The number of aromatic hydroxyl groups is 2. The molecule has 0 aromatic heterocycles. The zero-order chi connectivity index (χ0) is 52.4. The fourth-order valence-corrected chi connectivity index (χ4v) is 10.6. The molecule has 2 amide bonds. The maximum Gasteiger partial charge on any atom is 0.315 e. The Bertz CT molecular complexity index is 2820. The number of nitrogens with zero attached hydrogens (tertiary/aromatic N) is 5. The number of likely N-dealkylation sites (tertiary alicyclic amines) is 1. The number of phenolic OH excluding ortho intramolecular Hbond substituents is 2. The summed E-state index contributed by atoms with van der Waals surface area (Å²) < 4.78 is 18.4. The number of Topliss-reactive ketones (excluding diaryl/α,β-unsaturated/α-hetero) is 1. The molecule has 0 aliphatic carbocycles. The number of esters is 1. The summed E-state index contributed by atoms with van der Waals surface area (Å²) >= 11 is 0. The molecule has 6 heterocycles. The van der Waals surface area contributed by atoms with E-state index in [-0.39, 0.29) is 74.9 Å². The van der Waals surface area contributed by atoms with E-state index in [2.05, 4.69) is 46.1 Å². The normalized spacial score (nSPS) is 27.8. The number of aliphatic hydroxyl groups excluding tert-OH is 2. The highest BCUT2D eigenvalue weighted by molar-refractivity contribution is 6.21. The summed E-state index contributed by atoms with van der Waals surface area (Å²) in [5.41, 5.74) is 1.07. The fourth-order valence-electron chi connectivity index (χ4n) is 10.6. The van der Waals surface area contributed by atoms with Gasteiger partial charge in [-0.15, -0.1) is 0 Å². The summed E-state index contributed by atoms with van der Waals surface area (Å²) in [6.45, 7) is 18.0. The van der Waals surface area contributed by atoms with Gasteiger partial charge in [-0.05, 0) is 50.7 Å². The largest absolute Gasteiger partial charge is 0.507 e. The highest BCUT2D eigenvalue weighted by atomic mass is 16.7. The van der Waals surface area contributed by atoms with E-state index in [0.717, 1.165) is 39.1 Å². The highest BCUT2D eigenvalue weighted by Gasteiger charge is 2.50. The molecule has 392 valence electrons. The molecule has 73 heavy (non-hydrogen) atoms. The molecule has 3 aromatic rings. The Morgan fingerprint density at radius 3 is 2.40 bits per heavy atom. The minimum Gasteiger partial charge on any atom is -0.507 e. The Hall–Kier alpha value is -6.14. The van der Waals surface area contributed by atoms with Crippen molar-refractivity contribution in [2.45, 2.75) is 130 Å². The van der Waals surface area contributed by atoms with E-state index in [1.807, 2.05) is 18.2 Å². The predicted molar refractivity (Wildman–Crippen MR) is 274 cm³/mol. The third-order valence-corrected chi connectivity index (χ3v) is 15.1. The van der Waals surface area contributed by atoms with Crippen LogP contribution in [0.15, 0.2) is 76.5 Å². The number of ether oxygens (including phenoxy) is 3. The molecule has 17 nitrogen and oxygen atoms in total. The number of hydrogen-bond acceptors (Lipinski definition) is 15. The SMILES string of the molecule is C/C1=C/C=C/C(C)[C@H](O)CC(O)[C@@H](C)[C@H](OC(=O)CC(=O)N2CCCN(Cc3ccccc3)CC2)CC/C=C/O[C@@]2(C)Oc3c(C)c(O)c4c(O)c(c5c(c4c3C2=O)NC2(CCN(CC(C)C)CC2)N=5)=NC1=O. The molecule has 0 radical (unpaired) electrons. The van der Waals surface area contributed by atoms with E-state index in [9.17, 15) is 39.6 Å². The van der Waals surface area contributed by atoms with Gasteiger partial charge in [-0.25, -0.2) is 4.99 Å². The van der Waals surface area contributed by atoms with Crippen molar-refractivity contribution in [1.82, 2.24) is 14.7 Å². The number of amides is 2. The monoisotopic (exact) mass is 1000 g/mol. The Balaban J connectivity index is 1.08. The molecule has 5 bridgehead atoms. The van der Waals surface area contributed by atoms with Crippen molar-refractivity contribution in [2.24, 2.45) is 27.7 Å². The van der Waals surface area contributed by atoms with Gasteiger partial charge in [-0.3, -0.25) is 29.1 Å². The number of nitrogens with one attached hydrogen (secondary N) is 1. The number of anilines is 1. The lowest BCUT2D eigenvalue weighted by atomic mass is 9.88. The van der Waals surface area contributed by atoms with Crippen LogP contribution < -0.4 is 20.8 Å². The number of ketones is 1. The van der Waals surface area contributed by atoms with Crippen LogP contribution in [0.25, 0.3) is 10.8 Å². The van der Waals surface area contributed by atoms with Gasteiger partial charge < -0.3 is 49.8 Å². The van der Waals surface area contributed by atoms with Gasteiger partial charge in [0.05, 0.1) is 35.1 Å². The molecule has 3 aromatic carbocycles. The van der Waals surface area contributed by atoms with Crippen LogP contribution >= 0.6 is 0 Å². The first-order valence-corrected chi connectivity index (χ1v) is 25.9. The number of piperidine rings is 1. The van der Waals surface area contributed by atoms with Crippen LogP contribution in [0, 0.1) is 24.7 Å². The average molecular weight is 1010 g/mol. The number of carbonyl (C=O) groups excluding carboxylic acids is 4. The Morgan fingerprint density at radius 2 is 1.67 bits per heavy atom. The molecular formula is C56H72N6O11. The van der Waals surface area contributed by atoms with Crippen LogP contribution in [-0.4, -0.2) is 134 Å². The van der Waals surface area contributed by atoms with Crippen LogP contribution in [0.2, 0.25) is 0 Å². The van der Waals surface area contributed by atoms with Gasteiger partial charge >= 0.3 is 11.8 Å². The molecular weight excluding hydrogens is 933 g/mol. The molecule has 2 saturated heterocycles. The van der Waals surface area contributed by atoms with E-state index < -0.39 is 71.4 Å². The topological polar surface area (TPSA) is 223 Å². The van der Waals surface area contributed by atoms with E-state index in [0.29, 0.717) is 44.1 Å². The van der Waals surface area contributed by atoms with Crippen LogP contribution in [0.1, 0.15) is 108 Å². The summed E-state index contributed by atoms with van der Waals surface area (Å²) in [7, 11) is 0. The first kappa shape index (κ1) is 53.2. The molecule has 6 atom stereocenters. The Kier molecular flexibility index (Phi) is 16.1. The molecule has 17 heteroatoms. The van der Waals surface area contributed by atoms with Crippen molar-refractivity contribution in [3.8, 4) is 17.2 Å². The zero-order valence-corrected chi connectivity index (χ0v) is 43.2. The lowest BCUT2D eigenvalue weighted by Crippen LogP contribution is -2.47. The second kappa shape index (κ2) is 22.1. The number of benzene rings is 3. The molecule has 0 saturated carbocycles. The molecule has 6 aliphatic heterocycles. The van der Waals surface area contributed by atoms with Crippen LogP contribution in [0.5, 0.6) is 17.2 Å². The van der Waals surface area contributed by atoms with Crippen LogP contribution in [0.3, 0.4) is 0 Å². The van der Waals surface area contributed by atoms with Gasteiger partial charge in [-0.1, -0.05) is 76.3 Å². The molecule has 6 aliphatic rings. The minimum atomic E-state index is -1.93. The smallest absolute Gasteiger partial charge is 0.315 e. The summed E-state index contributed by atoms with van der Waals surface area (Å²) in [4.78, 5) is 71.8. The lowest BCUT2D eigenvalue weighted by Gasteiger charge is -2.38. The van der Waals surface area contributed by atoms with Crippen LogP contribution in [-0.2, 0) is 30.4 Å². The van der Waals surface area contributed by atoms with E-state index in [1.54, 1.807) is 50.8 Å². The maximum atomic E-state index is 14.8. The lowest BCUT2D eigenvalue weighted by molar-refractivity contribution is -0.158. The number of rotatable bonds is 7. The zero-order valence-electron chi connectivity index (χ0n) is 43.2. The van der Waals surface area contributed by atoms with Crippen molar-refractivity contribution < 1.29 is 53.8 Å². The quantitative estimate of drug-likeness (QED) is 0.108. The van der Waals surface area contributed by atoms with Crippen molar-refractivity contribution in [2.75, 3.05) is 51.1 Å². The Morgan fingerprint density at radius 1 is 0.932 bits per heavy atom. The van der Waals surface area contributed by atoms with Crippen molar-refractivity contribution >= 4 is 40.0 Å². The van der Waals surface area contributed by atoms with E-state index in [1.165, 1.54) is 24.8 Å². The highest BCUT2D eigenvalue weighted by Crippen LogP contribution is 2.51. The standard InChI is InChI=1S/C56H72N6O11/c1-33(2)31-61-24-20-56(21-25-61)58-47-44-45-50(67)37(6)52-46(44)53(69)55(7,73-52)71-28-12-11-19-41(72-43(66)30-42(65)62-23-14-22-60(26-27-62)32-38-17-9-8-10-18-38)36(5)40(64)29-39(63)34(3)15-13-16-35(4)54(70)57-49(51(45)68)48(47)59-56/h8-10,12-13,15-18,28,33-34,36,39-41,58,63-64,67-68H,11,14,19-27,29-32H2,1-7H3/b15-13+,28-12+,35-16-,57-49?/t34?,36-,39-,40?,41-,55+/m1/s1. The second-order valence-corrected chi connectivity index (χ2v) is 21.2. The first-order chi connectivity index (χ1) is 34.8.